The summed E-state index contributed by atoms with van der Waals surface area (Å²) >= 11 is 5.88. The highest BCUT2D eigenvalue weighted by molar-refractivity contribution is 6.30. The van der Waals surface area contributed by atoms with Crippen LogP contribution in [0.5, 0.6) is 0 Å². The number of benzene rings is 1. The Labute approximate surface area is 146 Å². The quantitative estimate of drug-likeness (QED) is 0.744. The molecule has 0 aliphatic heterocycles. The number of hydrogen-bond donors (Lipinski definition) is 2. The van der Waals surface area contributed by atoms with Crippen LogP contribution in [0.25, 0.3) is 5.65 Å². The third kappa shape index (κ3) is 3.43. The molecule has 0 saturated carbocycles. The Balaban J connectivity index is 1.71. The normalized spacial score (nSPS) is 14.0. The van der Waals surface area contributed by atoms with E-state index in [4.69, 9.17) is 11.6 Å². The molecule has 0 aliphatic rings. The second-order valence-electron chi connectivity index (χ2n) is 6.05. The molecule has 0 aliphatic carbocycles. The summed E-state index contributed by atoms with van der Waals surface area (Å²) in [6.07, 6.45) is 1.28. The van der Waals surface area contributed by atoms with Crippen molar-refractivity contribution >= 4 is 17.2 Å². The predicted molar refractivity (Wildman–Crippen MR) is 95.3 cm³/mol. The molecule has 2 heterocycles. The van der Waals surface area contributed by atoms with E-state index in [2.05, 4.69) is 22.3 Å². The Hall–Kier alpha value is -1.95. The van der Waals surface area contributed by atoms with Crippen molar-refractivity contribution in [1.29, 1.82) is 0 Å². The van der Waals surface area contributed by atoms with Crippen molar-refractivity contribution in [2.75, 3.05) is 6.54 Å². The van der Waals surface area contributed by atoms with Gasteiger partial charge in [0, 0.05) is 41.1 Å². The van der Waals surface area contributed by atoms with Gasteiger partial charge in [0.15, 0.2) is 5.65 Å². The average molecular weight is 345 g/mol. The van der Waals surface area contributed by atoms with Crippen LogP contribution in [0.15, 0.2) is 36.5 Å². The molecule has 0 spiro atoms. The summed E-state index contributed by atoms with van der Waals surface area (Å²) in [5.74, 6) is 0. The van der Waals surface area contributed by atoms with Gasteiger partial charge in [-0.3, -0.25) is 0 Å². The number of aliphatic hydroxyl groups excluding tert-OH is 1. The van der Waals surface area contributed by atoms with Gasteiger partial charge in [0.2, 0.25) is 0 Å². The Morgan fingerprint density at radius 1 is 1.25 bits per heavy atom. The van der Waals surface area contributed by atoms with E-state index in [0.717, 1.165) is 28.2 Å². The molecular weight excluding hydrogens is 324 g/mol. The monoisotopic (exact) mass is 344 g/mol. The highest BCUT2D eigenvalue weighted by atomic mass is 35.5. The summed E-state index contributed by atoms with van der Waals surface area (Å²) in [6, 6.07) is 9.25. The van der Waals surface area contributed by atoms with E-state index in [-0.39, 0.29) is 6.04 Å². The molecular formula is C18H21ClN4O. The van der Waals surface area contributed by atoms with Gasteiger partial charge in [-0.15, -0.1) is 0 Å². The number of fused-ring (bicyclic) bond motifs is 1. The van der Waals surface area contributed by atoms with Crippen LogP contribution in [0.3, 0.4) is 0 Å². The van der Waals surface area contributed by atoms with Gasteiger partial charge in [-0.2, -0.15) is 5.10 Å². The maximum Gasteiger partial charge on any atom is 0.155 e. The molecule has 2 atom stereocenters. The zero-order valence-corrected chi connectivity index (χ0v) is 14.7. The number of aliphatic hydroxyl groups is 1. The van der Waals surface area contributed by atoms with Gasteiger partial charge >= 0.3 is 0 Å². The smallest absolute Gasteiger partial charge is 0.155 e. The Morgan fingerprint density at radius 3 is 2.67 bits per heavy atom. The van der Waals surface area contributed by atoms with Crippen molar-refractivity contribution in [3.05, 3.63) is 64.1 Å². The lowest BCUT2D eigenvalue weighted by molar-refractivity contribution is 0.170. The molecule has 3 rings (SSSR count). The summed E-state index contributed by atoms with van der Waals surface area (Å²) in [5.41, 5.74) is 4.75. The summed E-state index contributed by atoms with van der Waals surface area (Å²) in [5, 5.41) is 18.8. The van der Waals surface area contributed by atoms with Gasteiger partial charge in [0.1, 0.15) is 0 Å². The number of aromatic nitrogens is 3. The maximum absolute atomic E-state index is 10.3. The van der Waals surface area contributed by atoms with Crippen LogP contribution >= 0.6 is 11.6 Å². The Bertz CT molecular complexity index is 844. The zero-order chi connectivity index (χ0) is 17.3. The third-order valence-corrected chi connectivity index (χ3v) is 4.47. The van der Waals surface area contributed by atoms with Crippen molar-refractivity contribution in [2.45, 2.75) is 32.9 Å². The minimum atomic E-state index is -0.589. The highest BCUT2D eigenvalue weighted by Gasteiger charge is 2.15. The molecule has 5 nitrogen and oxygen atoms in total. The van der Waals surface area contributed by atoms with Crippen molar-refractivity contribution in [3.8, 4) is 0 Å². The van der Waals surface area contributed by atoms with Gasteiger partial charge < -0.3 is 10.4 Å². The minimum absolute atomic E-state index is 0.0494. The summed E-state index contributed by atoms with van der Waals surface area (Å²) in [4.78, 5) is 4.46. The Kier molecular flexibility index (Phi) is 4.85. The number of nitrogens with zero attached hydrogens (tertiary/aromatic N) is 3. The molecule has 2 unspecified atom stereocenters. The summed E-state index contributed by atoms with van der Waals surface area (Å²) in [7, 11) is 0. The molecule has 3 aromatic rings. The zero-order valence-electron chi connectivity index (χ0n) is 14.0. The van der Waals surface area contributed by atoms with E-state index in [1.807, 2.05) is 42.8 Å². The fraction of sp³-hybridized carbons (Fsp3) is 0.333. The third-order valence-electron chi connectivity index (χ3n) is 4.22. The highest BCUT2D eigenvalue weighted by Crippen LogP contribution is 2.20. The van der Waals surface area contributed by atoms with Crippen LogP contribution < -0.4 is 5.32 Å². The van der Waals surface area contributed by atoms with Crippen LogP contribution in [-0.4, -0.2) is 26.2 Å². The molecule has 1 aromatic carbocycles. The van der Waals surface area contributed by atoms with E-state index < -0.39 is 6.10 Å². The van der Waals surface area contributed by atoms with Gasteiger partial charge in [-0.25, -0.2) is 9.50 Å². The van der Waals surface area contributed by atoms with Gasteiger partial charge in [0.25, 0.3) is 0 Å². The number of hydrogen-bond acceptors (Lipinski definition) is 4. The number of nitrogens with one attached hydrogen (secondary N) is 1. The largest absolute Gasteiger partial charge is 0.387 e. The molecule has 24 heavy (non-hydrogen) atoms. The lowest BCUT2D eigenvalue weighted by atomic mass is 10.1. The molecule has 0 bridgehead atoms. The van der Waals surface area contributed by atoms with Gasteiger partial charge in [-0.1, -0.05) is 23.7 Å². The molecule has 0 fully saturated rings. The summed E-state index contributed by atoms with van der Waals surface area (Å²) in [6.45, 7) is 6.49. The van der Waals surface area contributed by atoms with Crippen LogP contribution in [-0.2, 0) is 0 Å². The lowest BCUT2D eigenvalue weighted by Crippen LogP contribution is -2.25. The van der Waals surface area contributed by atoms with Crippen molar-refractivity contribution in [1.82, 2.24) is 19.9 Å². The van der Waals surface area contributed by atoms with Crippen LogP contribution in [0, 0.1) is 13.8 Å². The molecule has 6 heteroatoms. The van der Waals surface area contributed by atoms with Crippen LogP contribution in [0.1, 0.15) is 41.6 Å². The van der Waals surface area contributed by atoms with Crippen LogP contribution in [0.4, 0.5) is 0 Å². The SMILES string of the molecule is Cc1cc2ncc(C(C)NCC(O)c3ccc(Cl)cc3)c(C)n2n1. The van der Waals surface area contributed by atoms with Crippen LogP contribution in [0.2, 0.25) is 5.02 Å². The van der Waals surface area contributed by atoms with Crippen molar-refractivity contribution in [2.24, 2.45) is 0 Å². The molecule has 0 saturated heterocycles. The minimum Gasteiger partial charge on any atom is -0.387 e. The average Bonchev–Trinajstić information content (AvgIpc) is 2.95. The standard InChI is InChI=1S/C18H21ClN4O/c1-11-8-18-21-9-16(13(3)23(18)22-11)12(2)20-10-17(24)14-4-6-15(19)7-5-14/h4-9,12,17,20,24H,10H2,1-3H3. The van der Waals surface area contributed by atoms with E-state index in [9.17, 15) is 5.11 Å². The first-order chi connectivity index (χ1) is 11.5. The first kappa shape index (κ1) is 16.9. The Morgan fingerprint density at radius 2 is 1.96 bits per heavy atom. The number of aryl methyl sites for hydroxylation is 2. The fourth-order valence-electron chi connectivity index (χ4n) is 2.80. The topological polar surface area (TPSA) is 62.5 Å². The maximum atomic E-state index is 10.3. The number of halogens is 1. The molecule has 2 aromatic heterocycles. The molecule has 126 valence electrons. The second kappa shape index (κ2) is 6.89. The lowest BCUT2D eigenvalue weighted by Gasteiger charge is -2.19. The van der Waals surface area contributed by atoms with Crippen molar-refractivity contribution in [3.63, 3.8) is 0 Å². The van der Waals surface area contributed by atoms with Crippen molar-refractivity contribution < 1.29 is 5.11 Å². The van der Waals surface area contributed by atoms with Gasteiger partial charge in [0.05, 0.1) is 11.8 Å². The van der Waals surface area contributed by atoms with E-state index in [0.29, 0.717) is 11.6 Å². The second-order valence-corrected chi connectivity index (χ2v) is 6.49. The fourth-order valence-corrected chi connectivity index (χ4v) is 2.93. The first-order valence-electron chi connectivity index (χ1n) is 7.94. The molecule has 0 amide bonds. The van der Waals surface area contributed by atoms with Gasteiger partial charge in [-0.05, 0) is 38.5 Å². The van der Waals surface area contributed by atoms with E-state index in [1.165, 1.54) is 0 Å². The van der Waals surface area contributed by atoms with E-state index >= 15 is 0 Å². The predicted octanol–water partition coefficient (Wildman–Crippen LogP) is 3.38. The molecule has 2 N–H and O–H groups in total. The summed E-state index contributed by atoms with van der Waals surface area (Å²) < 4.78 is 1.86. The number of rotatable bonds is 5. The van der Waals surface area contributed by atoms with E-state index in [1.54, 1.807) is 12.1 Å². The molecule has 0 radical (unpaired) electrons. The first-order valence-corrected chi connectivity index (χ1v) is 8.32.